The number of unbranched alkanes of at least 4 members (excludes halogenated alkanes) is 47. The van der Waals surface area contributed by atoms with E-state index in [4.69, 9.17) is 14.2 Å². The van der Waals surface area contributed by atoms with Crippen LogP contribution in [0.15, 0.2) is 60.8 Å². The molecule has 0 saturated heterocycles. The van der Waals surface area contributed by atoms with Crippen molar-refractivity contribution in [3.05, 3.63) is 60.8 Å². The second kappa shape index (κ2) is 71.6. The Morgan fingerprint density at radius 1 is 0.241 bits per heavy atom. The zero-order chi connectivity index (χ0) is 59.9. The molecule has 0 radical (unpaired) electrons. The maximum absolute atomic E-state index is 13.0. The summed E-state index contributed by atoms with van der Waals surface area (Å²) in [6.07, 6.45) is 92.7. The first-order valence-electron chi connectivity index (χ1n) is 36.8. The number of ether oxygens (including phenoxy) is 3. The molecule has 0 heterocycles. The molecule has 1 atom stereocenters. The van der Waals surface area contributed by atoms with Crippen LogP contribution in [0.4, 0.5) is 0 Å². The molecule has 0 saturated carbocycles. The Morgan fingerprint density at radius 3 is 0.723 bits per heavy atom. The van der Waals surface area contributed by atoms with Gasteiger partial charge < -0.3 is 14.2 Å². The second-order valence-corrected chi connectivity index (χ2v) is 24.9. The van der Waals surface area contributed by atoms with E-state index in [0.29, 0.717) is 19.3 Å². The number of esters is 3. The van der Waals surface area contributed by atoms with Crippen molar-refractivity contribution in [1.82, 2.24) is 0 Å². The van der Waals surface area contributed by atoms with Crippen LogP contribution in [0.5, 0.6) is 0 Å². The van der Waals surface area contributed by atoms with E-state index in [0.717, 1.165) is 103 Å². The first-order chi connectivity index (χ1) is 41.0. The fourth-order valence-corrected chi connectivity index (χ4v) is 11.0. The summed E-state index contributed by atoms with van der Waals surface area (Å²) in [5.41, 5.74) is 0. The molecule has 0 rings (SSSR count). The quantitative estimate of drug-likeness (QED) is 0.0261. The third kappa shape index (κ3) is 69.8. The maximum atomic E-state index is 13.0. The lowest BCUT2D eigenvalue weighted by atomic mass is 10.0. The van der Waals surface area contributed by atoms with Gasteiger partial charge in [0.05, 0.1) is 0 Å². The van der Waals surface area contributed by atoms with Crippen molar-refractivity contribution < 1.29 is 28.6 Å². The van der Waals surface area contributed by atoms with Crippen LogP contribution in [0, 0.1) is 0 Å². The molecule has 0 aromatic rings. The molecule has 0 aliphatic heterocycles. The highest BCUT2D eigenvalue weighted by Gasteiger charge is 2.19. The molecule has 6 heteroatoms. The van der Waals surface area contributed by atoms with Gasteiger partial charge in [-0.3, -0.25) is 14.4 Å². The smallest absolute Gasteiger partial charge is 0.306 e. The van der Waals surface area contributed by atoms with Crippen molar-refractivity contribution in [3.63, 3.8) is 0 Å². The molecule has 0 aromatic heterocycles. The monoisotopic (exact) mass is 1160 g/mol. The fraction of sp³-hybridized carbons (Fsp3) is 0.831. The van der Waals surface area contributed by atoms with Crippen LogP contribution in [0.25, 0.3) is 0 Å². The van der Waals surface area contributed by atoms with Gasteiger partial charge in [-0.05, 0) is 83.5 Å². The van der Waals surface area contributed by atoms with Crippen molar-refractivity contribution in [2.45, 2.75) is 399 Å². The summed E-state index contributed by atoms with van der Waals surface area (Å²) in [7, 11) is 0. The fourth-order valence-electron chi connectivity index (χ4n) is 11.0. The lowest BCUT2D eigenvalue weighted by molar-refractivity contribution is -0.167. The van der Waals surface area contributed by atoms with Gasteiger partial charge in [0.1, 0.15) is 13.2 Å². The molecule has 83 heavy (non-hydrogen) atoms. The number of allylic oxidation sites excluding steroid dienone is 10. The minimum absolute atomic E-state index is 0.0784. The zero-order valence-electron chi connectivity index (χ0n) is 55.7. The number of rotatable bonds is 68. The lowest BCUT2D eigenvalue weighted by Gasteiger charge is -2.18. The third-order valence-electron chi connectivity index (χ3n) is 16.5. The number of carbonyl (C=O) groups is 3. The van der Waals surface area contributed by atoms with Crippen LogP contribution in [0.3, 0.4) is 0 Å². The zero-order valence-corrected chi connectivity index (χ0v) is 55.7. The molecular formula is C77H140O6. The van der Waals surface area contributed by atoms with E-state index in [2.05, 4.69) is 81.5 Å². The van der Waals surface area contributed by atoms with E-state index in [1.54, 1.807) is 0 Å². The van der Waals surface area contributed by atoms with Gasteiger partial charge in [0.2, 0.25) is 0 Å². The Bertz CT molecular complexity index is 1470. The lowest BCUT2D eigenvalue weighted by Crippen LogP contribution is -2.30. The number of hydrogen-bond acceptors (Lipinski definition) is 6. The maximum Gasteiger partial charge on any atom is 0.306 e. The highest BCUT2D eigenvalue weighted by Crippen LogP contribution is 2.19. The number of hydrogen-bond donors (Lipinski definition) is 0. The van der Waals surface area contributed by atoms with Crippen LogP contribution < -0.4 is 0 Å². The van der Waals surface area contributed by atoms with Crippen molar-refractivity contribution in [2.24, 2.45) is 0 Å². The molecule has 0 amide bonds. The van der Waals surface area contributed by atoms with Gasteiger partial charge in [-0.1, -0.05) is 351 Å². The summed E-state index contributed by atoms with van der Waals surface area (Å²) in [5, 5.41) is 0. The first-order valence-corrected chi connectivity index (χ1v) is 36.8. The molecule has 1 unspecified atom stereocenters. The molecule has 0 spiro atoms. The van der Waals surface area contributed by atoms with Crippen LogP contribution in [0.1, 0.15) is 393 Å². The van der Waals surface area contributed by atoms with Crippen LogP contribution in [-0.2, 0) is 28.6 Å². The molecule has 0 N–H and O–H groups in total. The minimum Gasteiger partial charge on any atom is -0.462 e. The summed E-state index contributed by atoms with van der Waals surface area (Å²) in [4.78, 5) is 38.4. The Hall–Kier alpha value is -2.89. The Morgan fingerprint density at radius 2 is 0.458 bits per heavy atom. The molecule has 6 nitrogen and oxygen atoms in total. The molecule has 0 fully saturated rings. The van der Waals surface area contributed by atoms with E-state index in [1.807, 2.05) is 0 Å². The van der Waals surface area contributed by atoms with E-state index >= 15 is 0 Å². The average molecular weight is 1160 g/mol. The molecule has 0 bridgehead atoms. The van der Waals surface area contributed by atoms with Crippen molar-refractivity contribution >= 4 is 17.9 Å². The minimum atomic E-state index is -0.785. The van der Waals surface area contributed by atoms with E-state index in [1.165, 1.54) is 250 Å². The van der Waals surface area contributed by atoms with Gasteiger partial charge in [-0.25, -0.2) is 0 Å². The van der Waals surface area contributed by atoms with Gasteiger partial charge in [-0.15, -0.1) is 0 Å². The van der Waals surface area contributed by atoms with E-state index < -0.39 is 6.10 Å². The topological polar surface area (TPSA) is 78.9 Å². The van der Waals surface area contributed by atoms with E-state index in [-0.39, 0.29) is 31.1 Å². The largest absolute Gasteiger partial charge is 0.462 e. The predicted molar refractivity (Wildman–Crippen MR) is 362 cm³/mol. The second-order valence-electron chi connectivity index (χ2n) is 24.9. The van der Waals surface area contributed by atoms with Crippen LogP contribution in [0.2, 0.25) is 0 Å². The summed E-state index contributed by atoms with van der Waals surface area (Å²) in [5.74, 6) is -0.877. The molecule has 0 aliphatic carbocycles. The third-order valence-corrected chi connectivity index (χ3v) is 16.5. The van der Waals surface area contributed by atoms with Gasteiger partial charge in [0.15, 0.2) is 6.10 Å². The summed E-state index contributed by atoms with van der Waals surface area (Å²) in [6.45, 7) is 6.61. The summed E-state index contributed by atoms with van der Waals surface area (Å²) >= 11 is 0. The van der Waals surface area contributed by atoms with Crippen molar-refractivity contribution in [1.29, 1.82) is 0 Å². The van der Waals surface area contributed by atoms with Gasteiger partial charge in [0, 0.05) is 19.3 Å². The average Bonchev–Trinajstić information content (AvgIpc) is 3.49. The summed E-state index contributed by atoms with van der Waals surface area (Å²) < 4.78 is 17.0. The highest BCUT2D eigenvalue weighted by atomic mass is 16.6. The van der Waals surface area contributed by atoms with Crippen LogP contribution in [-0.4, -0.2) is 37.2 Å². The molecule has 484 valence electrons. The molecular weight excluding hydrogens is 1020 g/mol. The predicted octanol–water partition coefficient (Wildman–Crippen LogP) is 25.5. The highest BCUT2D eigenvalue weighted by molar-refractivity contribution is 5.71. The normalized spacial score (nSPS) is 12.4. The van der Waals surface area contributed by atoms with Crippen molar-refractivity contribution in [3.8, 4) is 0 Å². The Kier molecular flexibility index (Phi) is 69.1. The van der Waals surface area contributed by atoms with Gasteiger partial charge in [0.25, 0.3) is 0 Å². The van der Waals surface area contributed by atoms with Gasteiger partial charge >= 0.3 is 17.9 Å². The Labute approximate surface area is 517 Å². The van der Waals surface area contributed by atoms with E-state index in [9.17, 15) is 14.4 Å². The molecule has 0 aromatic carbocycles. The Balaban J connectivity index is 4.22. The number of carbonyl (C=O) groups excluding carboxylic acids is 3. The SMILES string of the molecule is CCC/C=C\C/C=C\CCCCCCCC(=O)OCC(COC(=O)CCCCCCCCCCCCCCCCCCCCCCCCCCCCCCC)OC(=O)CCCCCCCCCC/C=C\C/C=C\C/C=C\CCCCCCC. The van der Waals surface area contributed by atoms with Crippen LogP contribution >= 0.6 is 0 Å². The standard InChI is InChI=1S/C77H140O6/c1-4-7-10-13-16-19-22-25-27-29-31-33-35-36-37-38-39-40-42-43-45-47-49-52-55-58-61-64-67-70-76(79)82-73-74(72-81-75(78)69-66-63-60-57-54-51-24-21-18-15-12-9-6-3)83-77(80)71-68-65-62-59-56-53-50-48-46-44-41-34-32-30-28-26-23-20-17-14-11-8-5-2/h12,15,21,23-24,26,30,32,41,44,74H,4-11,13-14,16-20,22,25,27-29,31,33-40,42-43,45-73H2,1-3H3/b15-12-,24-21-,26-23-,32-30-,44-41-. The molecule has 0 aliphatic rings. The van der Waals surface area contributed by atoms with Gasteiger partial charge in [-0.2, -0.15) is 0 Å². The van der Waals surface area contributed by atoms with Crippen molar-refractivity contribution in [2.75, 3.05) is 13.2 Å². The summed E-state index contributed by atoms with van der Waals surface area (Å²) in [6, 6.07) is 0. The first kappa shape index (κ1) is 80.1.